The van der Waals surface area contributed by atoms with Gasteiger partial charge in [0.05, 0.1) is 35.9 Å². The molecule has 0 aliphatic carbocycles. The summed E-state index contributed by atoms with van der Waals surface area (Å²) in [5.41, 5.74) is 0.178. The second kappa shape index (κ2) is 11.5. The maximum atomic E-state index is 13.3. The van der Waals surface area contributed by atoms with Crippen molar-refractivity contribution >= 4 is 34.9 Å². The summed E-state index contributed by atoms with van der Waals surface area (Å²) in [6, 6.07) is 9.72. The van der Waals surface area contributed by atoms with Crippen LogP contribution in [0.5, 0.6) is 5.75 Å². The SMILES string of the molecule is COc1ccc(C)cc1NC(=O)Nc1ccc(N2CCN(C(=O)Nc3ccc(F)cc3C(F)(F)F)CC2)nc1. The van der Waals surface area contributed by atoms with Crippen molar-refractivity contribution < 1.29 is 31.9 Å². The minimum Gasteiger partial charge on any atom is -0.495 e. The molecule has 4 rings (SSSR count). The van der Waals surface area contributed by atoms with Crippen LogP contribution in [-0.2, 0) is 6.18 Å². The Morgan fingerprint density at radius 1 is 0.923 bits per heavy atom. The van der Waals surface area contributed by atoms with Crippen molar-refractivity contribution in [3.63, 3.8) is 0 Å². The van der Waals surface area contributed by atoms with Crippen LogP contribution < -0.4 is 25.6 Å². The molecular weight excluding hydrogens is 520 g/mol. The van der Waals surface area contributed by atoms with E-state index in [0.29, 0.717) is 42.1 Å². The third-order valence-corrected chi connectivity index (χ3v) is 6.03. The molecule has 0 saturated carbocycles. The number of alkyl halides is 3. The lowest BCUT2D eigenvalue weighted by Crippen LogP contribution is -2.50. The predicted octanol–water partition coefficient (Wildman–Crippen LogP) is 5.55. The molecular formula is C26H26F4N6O3. The van der Waals surface area contributed by atoms with Crippen LogP contribution in [0.15, 0.2) is 54.7 Å². The number of halogens is 4. The largest absolute Gasteiger partial charge is 0.495 e. The number of urea groups is 2. The van der Waals surface area contributed by atoms with E-state index in [4.69, 9.17) is 4.74 Å². The smallest absolute Gasteiger partial charge is 0.418 e. The van der Waals surface area contributed by atoms with E-state index in [1.165, 1.54) is 18.2 Å². The standard InChI is InChI=1S/C26H26F4N6O3/c1-16-3-7-22(39-2)21(13-16)33-24(37)32-18-5-8-23(31-15-18)35-9-11-36(12-10-35)25(38)34-20-6-4-17(27)14-19(20)26(28,29)30/h3-8,13-15H,9-12H2,1-2H3,(H,34,38)(H2,32,33,37). The highest BCUT2D eigenvalue weighted by Crippen LogP contribution is 2.35. The number of methoxy groups -OCH3 is 1. The van der Waals surface area contributed by atoms with Gasteiger partial charge in [-0.05, 0) is 55.0 Å². The topological polar surface area (TPSA) is 98.8 Å². The minimum atomic E-state index is -4.82. The Balaban J connectivity index is 1.31. The van der Waals surface area contributed by atoms with Crippen molar-refractivity contribution in [1.29, 1.82) is 0 Å². The first kappa shape index (κ1) is 27.5. The molecule has 0 atom stereocenters. The Labute approximate surface area is 221 Å². The molecule has 1 saturated heterocycles. The molecule has 4 amide bonds. The zero-order valence-corrected chi connectivity index (χ0v) is 21.1. The molecule has 1 aliphatic heterocycles. The van der Waals surface area contributed by atoms with Crippen LogP contribution in [0.2, 0.25) is 0 Å². The van der Waals surface area contributed by atoms with Gasteiger partial charge in [-0.3, -0.25) is 0 Å². The van der Waals surface area contributed by atoms with Crippen LogP contribution in [0.25, 0.3) is 0 Å². The van der Waals surface area contributed by atoms with Crippen molar-refractivity contribution in [2.24, 2.45) is 0 Å². The van der Waals surface area contributed by atoms with Gasteiger partial charge in [0.1, 0.15) is 17.4 Å². The number of benzene rings is 2. The molecule has 0 unspecified atom stereocenters. The van der Waals surface area contributed by atoms with Crippen LogP contribution in [0.1, 0.15) is 11.1 Å². The number of nitrogens with one attached hydrogen (secondary N) is 3. The summed E-state index contributed by atoms with van der Waals surface area (Å²) in [5, 5.41) is 7.68. The maximum Gasteiger partial charge on any atom is 0.418 e. The molecule has 13 heteroatoms. The lowest BCUT2D eigenvalue weighted by molar-refractivity contribution is -0.137. The number of anilines is 4. The molecule has 0 bridgehead atoms. The highest BCUT2D eigenvalue weighted by Gasteiger charge is 2.35. The highest BCUT2D eigenvalue weighted by atomic mass is 19.4. The predicted molar refractivity (Wildman–Crippen MR) is 139 cm³/mol. The number of carbonyl (C=O) groups is 2. The van der Waals surface area contributed by atoms with E-state index in [0.717, 1.165) is 17.7 Å². The van der Waals surface area contributed by atoms with Gasteiger partial charge in [0, 0.05) is 26.2 Å². The van der Waals surface area contributed by atoms with Crippen LogP contribution >= 0.6 is 0 Å². The zero-order valence-electron chi connectivity index (χ0n) is 21.1. The molecule has 2 heterocycles. The molecule has 0 spiro atoms. The Bertz CT molecular complexity index is 1340. The van der Waals surface area contributed by atoms with E-state index in [9.17, 15) is 27.2 Å². The van der Waals surface area contributed by atoms with Crippen LogP contribution in [0.4, 0.5) is 50.0 Å². The van der Waals surface area contributed by atoms with Gasteiger partial charge in [-0.15, -0.1) is 0 Å². The average Bonchev–Trinajstić information content (AvgIpc) is 2.90. The van der Waals surface area contributed by atoms with E-state index in [-0.39, 0.29) is 13.1 Å². The number of ether oxygens (including phenoxy) is 1. The number of hydrogen-bond acceptors (Lipinski definition) is 5. The van der Waals surface area contributed by atoms with Crippen LogP contribution in [-0.4, -0.2) is 55.2 Å². The van der Waals surface area contributed by atoms with Crippen LogP contribution in [0.3, 0.4) is 0 Å². The Kier molecular flexibility index (Phi) is 8.07. The Morgan fingerprint density at radius 2 is 1.67 bits per heavy atom. The van der Waals surface area contributed by atoms with Crippen LogP contribution in [0, 0.1) is 12.7 Å². The molecule has 2 aromatic carbocycles. The summed E-state index contributed by atoms with van der Waals surface area (Å²) in [5.74, 6) is 0.0876. The monoisotopic (exact) mass is 546 g/mol. The molecule has 1 fully saturated rings. The van der Waals surface area contributed by atoms with E-state index in [2.05, 4.69) is 20.9 Å². The van der Waals surface area contributed by atoms with E-state index in [1.807, 2.05) is 17.9 Å². The van der Waals surface area contributed by atoms with Gasteiger partial charge in [0.2, 0.25) is 0 Å². The molecule has 3 aromatic rings. The number of amides is 4. The van der Waals surface area contributed by atoms with Gasteiger partial charge in [-0.1, -0.05) is 6.07 Å². The number of nitrogens with zero attached hydrogens (tertiary/aromatic N) is 3. The summed E-state index contributed by atoms with van der Waals surface area (Å²) in [7, 11) is 1.51. The summed E-state index contributed by atoms with van der Waals surface area (Å²) >= 11 is 0. The first-order valence-electron chi connectivity index (χ1n) is 11.9. The average molecular weight is 547 g/mol. The van der Waals surface area contributed by atoms with Crippen molar-refractivity contribution in [3.05, 3.63) is 71.7 Å². The van der Waals surface area contributed by atoms with Crippen molar-refractivity contribution in [1.82, 2.24) is 9.88 Å². The third-order valence-electron chi connectivity index (χ3n) is 6.03. The number of carbonyl (C=O) groups excluding carboxylic acids is 2. The molecule has 206 valence electrons. The molecule has 3 N–H and O–H groups in total. The molecule has 1 aromatic heterocycles. The fourth-order valence-corrected chi connectivity index (χ4v) is 4.04. The fourth-order valence-electron chi connectivity index (χ4n) is 4.04. The van der Waals surface area contributed by atoms with E-state index in [1.54, 1.807) is 24.3 Å². The maximum absolute atomic E-state index is 13.3. The van der Waals surface area contributed by atoms with Gasteiger partial charge in [-0.2, -0.15) is 13.2 Å². The van der Waals surface area contributed by atoms with Crippen molar-refractivity contribution in [2.75, 3.05) is 54.1 Å². The van der Waals surface area contributed by atoms with Gasteiger partial charge in [0.25, 0.3) is 0 Å². The summed E-state index contributed by atoms with van der Waals surface area (Å²) in [6.07, 6.45) is -3.32. The lowest BCUT2D eigenvalue weighted by Gasteiger charge is -2.35. The van der Waals surface area contributed by atoms with Crippen molar-refractivity contribution in [2.45, 2.75) is 13.1 Å². The summed E-state index contributed by atoms with van der Waals surface area (Å²) < 4.78 is 58.3. The minimum absolute atomic E-state index is 0.233. The molecule has 9 nitrogen and oxygen atoms in total. The third kappa shape index (κ3) is 6.86. The normalized spacial score (nSPS) is 13.6. The second-order valence-corrected chi connectivity index (χ2v) is 8.78. The number of rotatable bonds is 5. The quantitative estimate of drug-likeness (QED) is 0.365. The number of aromatic nitrogens is 1. The first-order valence-corrected chi connectivity index (χ1v) is 11.9. The fraction of sp³-hybridized carbons (Fsp3) is 0.269. The summed E-state index contributed by atoms with van der Waals surface area (Å²) in [4.78, 5) is 32.7. The van der Waals surface area contributed by atoms with Gasteiger partial charge in [-0.25, -0.2) is 19.0 Å². The number of pyridine rings is 1. The first-order chi connectivity index (χ1) is 18.5. The van der Waals surface area contributed by atoms with E-state index < -0.39 is 35.3 Å². The Morgan fingerprint density at radius 3 is 2.31 bits per heavy atom. The van der Waals surface area contributed by atoms with Crippen molar-refractivity contribution in [3.8, 4) is 5.75 Å². The molecule has 0 radical (unpaired) electrons. The Hall–Kier alpha value is -4.55. The highest BCUT2D eigenvalue weighted by molar-refractivity contribution is 6.00. The van der Waals surface area contributed by atoms with Gasteiger partial charge < -0.3 is 30.5 Å². The number of aryl methyl sites for hydroxylation is 1. The lowest BCUT2D eigenvalue weighted by atomic mass is 10.1. The summed E-state index contributed by atoms with van der Waals surface area (Å²) in [6.45, 7) is 3.13. The number of hydrogen-bond donors (Lipinski definition) is 3. The molecule has 1 aliphatic rings. The zero-order chi connectivity index (χ0) is 28.2. The second-order valence-electron chi connectivity index (χ2n) is 8.78. The van der Waals surface area contributed by atoms with E-state index >= 15 is 0 Å². The molecule has 39 heavy (non-hydrogen) atoms. The number of piperazine rings is 1. The van der Waals surface area contributed by atoms with Gasteiger partial charge in [0.15, 0.2) is 0 Å². The van der Waals surface area contributed by atoms with Gasteiger partial charge >= 0.3 is 18.2 Å².